The van der Waals surface area contributed by atoms with Gasteiger partial charge in [-0.1, -0.05) is 30.3 Å². The van der Waals surface area contributed by atoms with E-state index in [4.69, 9.17) is 0 Å². The highest BCUT2D eigenvalue weighted by molar-refractivity contribution is 5.94. The summed E-state index contributed by atoms with van der Waals surface area (Å²) in [7, 11) is 0. The van der Waals surface area contributed by atoms with Crippen LogP contribution in [0.4, 0.5) is 4.79 Å². The number of piperazine rings is 1. The molecule has 0 saturated carbocycles. The standard InChI is InChI=1S/C25H32N4O3/c30-23-8-6-22(7-9-23)24(31)28-14-16-29(17-15-28)25(32)26-18-20-10-12-27(13-11-20)19-21-4-2-1-3-5-21/h1-9,20,30H,10-19H2,(H,26,32). The first kappa shape index (κ1) is 22.1. The third-order valence-corrected chi connectivity index (χ3v) is 6.47. The lowest BCUT2D eigenvalue weighted by Crippen LogP contribution is -2.53. The van der Waals surface area contributed by atoms with Crippen molar-refractivity contribution < 1.29 is 14.7 Å². The molecule has 7 nitrogen and oxygen atoms in total. The first-order chi connectivity index (χ1) is 15.6. The van der Waals surface area contributed by atoms with Crippen LogP contribution in [0.25, 0.3) is 0 Å². The predicted molar refractivity (Wildman–Crippen MR) is 123 cm³/mol. The lowest BCUT2D eigenvalue weighted by atomic mass is 9.96. The molecule has 0 aromatic heterocycles. The molecule has 2 aliphatic heterocycles. The van der Waals surface area contributed by atoms with Gasteiger partial charge in [-0.2, -0.15) is 0 Å². The van der Waals surface area contributed by atoms with Gasteiger partial charge in [0.05, 0.1) is 0 Å². The summed E-state index contributed by atoms with van der Waals surface area (Å²) in [5.41, 5.74) is 1.90. The normalized spacial score (nSPS) is 17.9. The molecule has 4 rings (SSSR count). The van der Waals surface area contributed by atoms with Crippen molar-refractivity contribution in [3.8, 4) is 5.75 Å². The Morgan fingerprint density at radius 1 is 0.844 bits per heavy atom. The van der Waals surface area contributed by atoms with Crippen LogP contribution in [0.3, 0.4) is 0 Å². The molecule has 2 heterocycles. The molecular weight excluding hydrogens is 404 g/mol. The Morgan fingerprint density at radius 3 is 2.12 bits per heavy atom. The van der Waals surface area contributed by atoms with Gasteiger partial charge in [-0.3, -0.25) is 9.69 Å². The molecule has 7 heteroatoms. The van der Waals surface area contributed by atoms with Crippen molar-refractivity contribution >= 4 is 11.9 Å². The zero-order valence-electron chi connectivity index (χ0n) is 18.4. The molecule has 170 valence electrons. The van der Waals surface area contributed by atoms with Crippen LogP contribution in [0.5, 0.6) is 5.75 Å². The fraction of sp³-hybridized carbons (Fsp3) is 0.440. The molecule has 0 spiro atoms. The van der Waals surface area contributed by atoms with Crippen molar-refractivity contribution in [3.63, 3.8) is 0 Å². The Kier molecular flexibility index (Phi) is 7.27. The number of hydrogen-bond donors (Lipinski definition) is 2. The van der Waals surface area contributed by atoms with Gasteiger partial charge in [-0.25, -0.2) is 4.79 Å². The summed E-state index contributed by atoms with van der Waals surface area (Å²) in [6.07, 6.45) is 2.20. The van der Waals surface area contributed by atoms with Crippen molar-refractivity contribution in [1.82, 2.24) is 20.0 Å². The van der Waals surface area contributed by atoms with E-state index in [-0.39, 0.29) is 17.7 Å². The Balaban J connectivity index is 1.15. The minimum absolute atomic E-state index is 0.0338. The molecule has 2 fully saturated rings. The number of urea groups is 1. The Hall–Kier alpha value is -3.06. The van der Waals surface area contributed by atoms with Crippen molar-refractivity contribution in [2.75, 3.05) is 45.8 Å². The molecule has 2 aliphatic rings. The van der Waals surface area contributed by atoms with Crippen LogP contribution in [0.1, 0.15) is 28.8 Å². The van der Waals surface area contributed by atoms with E-state index in [2.05, 4.69) is 34.5 Å². The first-order valence-corrected chi connectivity index (χ1v) is 11.5. The number of rotatable bonds is 5. The Bertz CT molecular complexity index is 887. The number of benzene rings is 2. The van der Waals surface area contributed by atoms with E-state index in [0.29, 0.717) is 44.2 Å². The zero-order chi connectivity index (χ0) is 22.3. The number of phenolic OH excluding ortho intramolecular Hbond substituents is 1. The average Bonchev–Trinajstić information content (AvgIpc) is 2.84. The lowest BCUT2D eigenvalue weighted by Gasteiger charge is -2.36. The molecule has 3 amide bonds. The number of nitrogens with one attached hydrogen (secondary N) is 1. The molecule has 0 aliphatic carbocycles. The molecule has 2 aromatic rings. The van der Waals surface area contributed by atoms with Crippen LogP contribution in [0.2, 0.25) is 0 Å². The summed E-state index contributed by atoms with van der Waals surface area (Å²) in [5.74, 6) is 0.598. The van der Waals surface area contributed by atoms with Gasteiger partial charge in [0.1, 0.15) is 5.75 Å². The summed E-state index contributed by atoms with van der Waals surface area (Å²) in [6, 6.07) is 16.8. The SMILES string of the molecule is O=C(NCC1CCN(Cc2ccccc2)CC1)N1CCN(C(=O)c2ccc(O)cc2)CC1. The van der Waals surface area contributed by atoms with Crippen molar-refractivity contribution in [2.24, 2.45) is 5.92 Å². The second kappa shape index (κ2) is 10.5. The number of hydrogen-bond acceptors (Lipinski definition) is 4. The van der Waals surface area contributed by atoms with Gasteiger partial charge < -0.3 is 20.2 Å². The minimum atomic E-state index is -0.0627. The van der Waals surface area contributed by atoms with E-state index in [0.717, 1.165) is 32.5 Å². The van der Waals surface area contributed by atoms with E-state index >= 15 is 0 Å². The number of likely N-dealkylation sites (tertiary alicyclic amines) is 1. The molecule has 0 atom stereocenters. The van der Waals surface area contributed by atoms with Crippen molar-refractivity contribution in [1.29, 1.82) is 0 Å². The molecule has 2 aromatic carbocycles. The minimum Gasteiger partial charge on any atom is -0.508 e. The van der Waals surface area contributed by atoms with Crippen LogP contribution >= 0.6 is 0 Å². The van der Waals surface area contributed by atoms with Gasteiger partial charge in [0.15, 0.2) is 0 Å². The summed E-state index contributed by atoms with van der Waals surface area (Å²) >= 11 is 0. The van der Waals surface area contributed by atoms with E-state index < -0.39 is 0 Å². The quantitative estimate of drug-likeness (QED) is 0.756. The number of nitrogens with zero attached hydrogens (tertiary/aromatic N) is 3. The molecule has 2 N–H and O–H groups in total. The van der Waals surface area contributed by atoms with Gasteiger partial charge in [0, 0.05) is 44.8 Å². The third kappa shape index (κ3) is 5.79. The molecule has 0 bridgehead atoms. The van der Waals surface area contributed by atoms with Crippen LogP contribution in [-0.2, 0) is 6.54 Å². The first-order valence-electron chi connectivity index (χ1n) is 11.5. The topological polar surface area (TPSA) is 76.1 Å². The number of amides is 3. The summed E-state index contributed by atoms with van der Waals surface area (Å²) in [5, 5.41) is 12.5. The van der Waals surface area contributed by atoms with Crippen LogP contribution in [0, 0.1) is 5.92 Å². The molecule has 0 radical (unpaired) electrons. The van der Waals surface area contributed by atoms with E-state index in [1.807, 2.05) is 6.07 Å². The fourth-order valence-electron chi connectivity index (χ4n) is 4.43. The number of carbonyl (C=O) groups excluding carboxylic acids is 2. The van der Waals surface area contributed by atoms with Crippen molar-refractivity contribution in [3.05, 3.63) is 65.7 Å². The third-order valence-electron chi connectivity index (χ3n) is 6.47. The van der Waals surface area contributed by atoms with Gasteiger partial charge in [-0.05, 0) is 61.7 Å². The largest absolute Gasteiger partial charge is 0.508 e. The highest BCUT2D eigenvalue weighted by Gasteiger charge is 2.26. The van der Waals surface area contributed by atoms with Crippen molar-refractivity contribution in [2.45, 2.75) is 19.4 Å². The zero-order valence-corrected chi connectivity index (χ0v) is 18.4. The van der Waals surface area contributed by atoms with Gasteiger partial charge >= 0.3 is 6.03 Å². The maximum Gasteiger partial charge on any atom is 0.317 e. The second-order valence-electron chi connectivity index (χ2n) is 8.72. The molecule has 2 saturated heterocycles. The maximum absolute atomic E-state index is 12.6. The highest BCUT2D eigenvalue weighted by Crippen LogP contribution is 2.19. The molecular formula is C25H32N4O3. The second-order valence-corrected chi connectivity index (χ2v) is 8.72. The smallest absolute Gasteiger partial charge is 0.317 e. The lowest BCUT2D eigenvalue weighted by molar-refractivity contribution is 0.0663. The maximum atomic E-state index is 12.6. The number of carbonyl (C=O) groups is 2. The Labute approximate surface area is 189 Å². The van der Waals surface area contributed by atoms with Crippen LogP contribution in [-0.4, -0.2) is 77.6 Å². The predicted octanol–water partition coefficient (Wildman–Crippen LogP) is 2.77. The fourth-order valence-corrected chi connectivity index (χ4v) is 4.43. The molecule has 0 unspecified atom stereocenters. The van der Waals surface area contributed by atoms with E-state index in [1.54, 1.807) is 21.9 Å². The summed E-state index contributed by atoms with van der Waals surface area (Å²) in [4.78, 5) is 31.2. The van der Waals surface area contributed by atoms with E-state index in [9.17, 15) is 14.7 Å². The van der Waals surface area contributed by atoms with Gasteiger partial charge in [0.2, 0.25) is 0 Å². The van der Waals surface area contributed by atoms with Crippen LogP contribution < -0.4 is 5.32 Å². The van der Waals surface area contributed by atoms with Gasteiger partial charge in [0.25, 0.3) is 5.91 Å². The summed E-state index contributed by atoms with van der Waals surface area (Å²) < 4.78 is 0. The molecule has 32 heavy (non-hydrogen) atoms. The highest BCUT2D eigenvalue weighted by atomic mass is 16.3. The Morgan fingerprint density at radius 2 is 1.47 bits per heavy atom. The average molecular weight is 437 g/mol. The van der Waals surface area contributed by atoms with E-state index in [1.165, 1.54) is 17.7 Å². The summed E-state index contributed by atoms with van der Waals surface area (Å²) in [6.45, 7) is 5.94. The number of piperidine rings is 1. The van der Waals surface area contributed by atoms with Crippen LogP contribution in [0.15, 0.2) is 54.6 Å². The number of phenols is 1. The van der Waals surface area contributed by atoms with Gasteiger partial charge in [-0.15, -0.1) is 0 Å². The monoisotopic (exact) mass is 436 g/mol. The number of aromatic hydroxyl groups is 1.